The standard InChI is InChI=1S/C17H27N3O.2ClH/c1-20(16-6-3-2-4-7-16)13-5-11-19-17(21)9-8-15-10-12-18-14-15;;/h2-4,6-7,15,18H,5,8-14H2,1H3,(H,19,21);2*1H. The van der Waals surface area contributed by atoms with Crippen LogP contribution in [0.4, 0.5) is 5.69 Å². The third-order valence-electron chi connectivity index (χ3n) is 4.13. The lowest BCUT2D eigenvalue weighted by Crippen LogP contribution is -2.28. The molecule has 6 heteroatoms. The summed E-state index contributed by atoms with van der Waals surface area (Å²) in [7, 11) is 2.09. The van der Waals surface area contributed by atoms with E-state index in [0.717, 1.165) is 39.0 Å². The zero-order valence-electron chi connectivity index (χ0n) is 13.8. The minimum atomic E-state index is 0. The number of para-hydroxylation sites is 1. The van der Waals surface area contributed by atoms with Gasteiger partial charge in [-0.1, -0.05) is 18.2 Å². The molecular weight excluding hydrogens is 333 g/mol. The van der Waals surface area contributed by atoms with E-state index in [-0.39, 0.29) is 30.7 Å². The molecule has 1 atom stereocenters. The van der Waals surface area contributed by atoms with Crippen LogP contribution in [0.15, 0.2) is 30.3 Å². The normalized spacial score (nSPS) is 16.1. The SMILES string of the molecule is CN(CCCNC(=O)CCC1CCNC1)c1ccccc1.Cl.Cl. The summed E-state index contributed by atoms with van der Waals surface area (Å²) in [5.41, 5.74) is 1.22. The fraction of sp³-hybridized carbons (Fsp3) is 0.588. The first kappa shape index (κ1) is 22.0. The third-order valence-corrected chi connectivity index (χ3v) is 4.13. The maximum atomic E-state index is 11.8. The molecule has 0 aromatic heterocycles. The Morgan fingerprint density at radius 2 is 2.04 bits per heavy atom. The molecule has 4 nitrogen and oxygen atoms in total. The van der Waals surface area contributed by atoms with Crippen LogP contribution in [0.5, 0.6) is 0 Å². The van der Waals surface area contributed by atoms with E-state index in [1.807, 2.05) is 18.2 Å². The number of carbonyl (C=O) groups excluding carboxylic acids is 1. The Kier molecular flexibility index (Phi) is 11.9. The molecule has 1 aromatic rings. The monoisotopic (exact) mass is 361 g/mol. The molecule has 0 bridgehead atoms. The third kappa shape index (κ3) is 8.45. The van der Waals surface area contributed by atoms with Gasteiger partial charge in [0, 0.05) is 32.2 Å². The van der Waals surface area contributed by atoms with Gasteiger partial charge in [-0.2, -0.15) is 0 Å². The number of amides is 1. The number of nitrogens with zero attached hydrogens (tertiary/aromatic N) is 1. The van der Waals surface area contributed by atoms with Gasteiger partial charge in [-0.15, -0.1) is 24.8 Å². The van der Waals surface area contributed by atoms with E-state index in [1.165, 1.54) is 12.1 Å². The van der Waals surface area contributed by atoms with Crippen molar-refractivity contribution in [2.45, 2.75) is 25.7 Å². The predicted octanol–water partition coefficient (Wildman–Crippen LogP) is 2.86. The summed E-state index contributed by atoms with van der Waals surface area (Å²) in [6.07, 6.45) is 3.88. The zero-order chi connectivity index (χ0) is 14.9. The van der Waals surface area contributed by atoms with E-state index in [1.54, 1.807) is 0 Å². The quantitative estimate of drug-likeness (QED) is 0.699. The summed E-state index contributed by atoms with van der Waals surface area (Å²) in [6, 6.07) is 10.3. The molecule has 0 saturated carbocycles. The van der Waals surface area contributed by atoms with E-state index >= 15 is 0 Å². The Bertz CT molecular complexity index is 425. The van der Waals surface area contributed by atoms with Crippen LogP contribution in [-0.2, 0) is 4.79 Å². The van der Waals surface area contributed by atoms with Crippen LogP contribution in [-0.4, -0.2) is 39.1 Å². The van der Waals surface area contributed by atoms with Crippen LogP contribution in [0.25, 0.3) is 0 Å². The topological polar surface area (TPSA) is 44.4 Å². The Morgan fingerprint density at radius 1 is 1.30 bits per heavy atom. The number of carbonyl (C=O) groups is 1. The highest BCUT2D eigenvalue weighted by Crippen LogP contribution is 2.14. The highest BCUT2D eigenvalue weighted by atomic mass is 35.5. The van der Waals surface area contributed by atoms with Gasteiger partial charge in [0.1, 0.15) is 0 Å². The fourth-order valence-electron chi connectivity index (χ4n) is 2.74. The molecule has 0 aliphatic carbocycles. The van der Waals surface area contributed by atoms with Crippen LogP contribution in [0.2, 0.25) is 0 Å². The number of hydrogen-bond acceptors (Lipinski definition) is 3. The first-order valence-corrected chi connectivity index (χ1v) is 7.99. The molecule has 1 unspecified atom stereocenters. The molecule has 1 saturated heterocycles. The summed E-state index contributed by atoms with van der Waals surface area (Å²) in [5, 5.41) is 6.37. The zero-order valence-corrected chi connectivity index (χ0v) is 15.4. The first-order chi connectivity index (χ1) is 10.3. The number of anilines is 1. The number of benzene rings is 1. The molecule has 23 heavy (non-hydrogen) atoms. The molecule has 2 N–H and O–H groups in total. The van der Waals surface area contributed by atoms with Crippen molar-refractivity contribution in [3.8, 4) is 0 Å². The van der Waals surface area contributed by atoms with Crippen molar-refractivity contribution >= 4 is 36.4 Å². The summed E-state index contributed by atoms with van der Waals surface area (Å²) in [6.45, 7) is 3.91. The Labute approximate surface area is 152 Å². The largest absolute Gasteiger partial charge is 0.375 e. The highest BCUT2D eigenvalue weighted by Gasteiger charge is 2.15. The van der Waals surface area contributed by atoms with Gasteiger partial charge in [0.05, 0.1) is 0 Å². The van der Waals surface area contributed by atoms with Crippen LogP contribution >= 0.6 is 24.8 Å². The Hall–Kier alpha value is -0.970. The average Bonchev–Trinajstić information content (AvgIpc) is 3.03. The van der Waals surface area contributed by atoms with Crippen molar-refractivity contribution in [1.29, 1.82) is 0 Å². The average molecular weight is 362 g/mol. The molecular formula is C17H29Cl2N3O. The van der Waals surface area contributed by atoms with Gasteiger partial charge in [-0.25, -0.2) is 0 Å². The molecule has 1 aliphatic heterocycles. The molecule has 1 amide bonds. The smallest absolute Gasteiger partial charge is 0.220 e. The lowest BCUT2D eigenvalue weighted by molar-refractivity contribution is -0.121. The molecule has 0 spiro atoms. The maximum Gasteiger partial charge on any atom is 0.220 e. The summed E-state index contributed by atoms with van der Waals surface area (Å²) < 4.78 is 0. The Morgan fingerprint density at radius 3 is 2.70 bits per heavy atom. The molecule has 0 radical (unpaired) electrons. The summed E-state index contributed by atoms with van der Waals surface area (Å²) in [5.74, 6) is 0.893. The van der Waals surface area contributed by atoms with Crippen LogP contribution in [0.1, 0.15) is 25.7 Å². The van der Waals surface area contributed by atoms with E-state index < -0.39 is 0 Å². The van der Waals surface area contributed by atoms with Crippen LogP contribution in [0.3, 0.4) is 0 Å². The summed E-state index contributed by atoms with van der Waals surface area (Å²) in [4.78, 5) is 14.0. The minimum Gasteiger partial charge on any atom is -0.375 e. The van der Waals surface area contributed by atoms with E-state index in [2.05, 4.69) is 34.7 Å². The molecule has 1 fully saturated rings. The lowest BCUT2D eigenvalue weighted by Gasteiger charge is -2.19. The lowest BCUT2D eigenvalue weighted by atomic mass is 10.0. The minimum absolute atomic E-state index is 0. The Balaban J connectivity index is 0.00000242. The van der Waals surface area contributed by atoms with Crippen molar-refractivity contribution in [3.05, 3.63) is 30.3 Å². The van der Waals surface area contributed by atoms with Gasteiger partial charge in [0.2, 0.25) is 5.91 Å². The van der Waals surface area contributed by atoms with Crippen molar-refractivity contribution < 1.29 is 4.79 Å². The molecule has 1 heterocycles. The number of rotatable bonds is 8. The second-order valence-electron chi connectivity index (χ2n) is 5.86. The predicted molar refractivity (Wildman–Crippen MR) is 102 cm³/mol. The first-order valence-electron chi connectivity index (χ1n) is 7.99. The van der Waals surface area contributed by atoms with Gasteiger partial charge in [-0.3, -0.25) is 4.79 Å². The number of nitrogens with one attached hydrogen (secondary N) is 2. The summed E-state index contributed by atoms with van der Waals surface area (Å²) >= 11 is 0. The second-order valence-corrected chi connectivity index (χ2v) is 5.86. The molecule has 2 rings (SSSR count). The number of halogens is 2. The molecule has 1 aliphatic rings. The van der Waals surface area contributed by atoms with Gasteiger partial charge in [0.15, 0.2) is 0 Å². The van der Waals surface area contributed by atoms with Crippen LogP contribution < -0.4 is 15.5 Å². The van der Waals surface area contributed by atoms with Crippen molar-refractivity contribution in [1.82, 2.24) is 10.6 Å². The second kappa shape index (κ2) is 12.5. The van der Waals surface area contributed by atoms with Crippen molar-refractivity contribution in [2.24, 2.45) is 5.92 Å². The van der Waals surface area contributed by atoms with Gasteiger partial charge < -0.3 is 15.5 Å². The highest BCUT2D eigenvalue weighted by molar-refractivity contribution is 5.85. The molecule has 1 aromatic carbocycles. The van der Waals surface area contributed by atoms with E-state index in [9.17, 15) is 4.79 Å². The van der Waals surface area contributed by atoms with E-state index in [4.69, 9.17) is 0 Å². The number of hydrogen-bond donors (Lipinski definition) is 2. The van der Waals surface area contributed by atoms with Crippen molar-refractivity contribution in [2.75, 3.05) is 38.1 Å². The van der Waals surface area contributed by atoms with Gasteiger partial charge in [-0.05, 0) is 50.4 Å². The van der Waals surface area contributed by atoms with Crippen molar-refractivity contribution in [3.63, 3.8) is 0 Å². The van der Waals surface area contributed by atoms with E-state index in [0.29, 0.717) is 12.3 Å². The van der Waals surface area contributed by atoms with Crippen LogP contribution in [0, 0.1) is 5.92 Å². The van der Waals surface area contributed by atoms with Gasteiger partial charge in [0.25, 0.3) is 0 Å². The van der Waals surface area contributed by atoms with Gasteiger partial charge >= 0.3 is 0 Å². The molecule has 132 valence electrons. The maximum absolute atomic E-state index is 11.8. The fourth-order valence-corrected chi connectivity index (χ4v) is 2.74.